The van der Waals surface area contributed by atoms with E-state index in [4.69, 9.17) is 9.15 Å². The molecule has 6 nitrogen and oxygen atoms in total. The zero-order valence-corrected chi connectivity index (χ0v) is 14.8. The molecule has 1 aromatic carbocycles. The minimum absolute atomic E-state index is 0.0629. The Labute approximate surface area is 152 Å². The van der Waals surface area contributed by atoms with Crippen LogP contribution in [0.2, 0.25) is 0 Å². The fourth-order valence-electron chi connectivity index (χ4n) is 2.87. The van der Waals surface area contributed by atoms with Gasteiger partial charge in [-0.1, -0.05) is 18.2 Å². The average molecular weight is 354 g/mol. The lowest BCUT2D eigenvalue weighted by Crippen LogP contribution is -2.50. The van der Waals surface area contributed by atoms with E-state index in [1.54, 1.807) is 28.0 Å². The monoisotopic (exact) mass is 354 g/mol. The van der Waals surface area contributed by atoms with Gasteiger partial charge < -0.3 is 19.0 Å². The zero-order valence-electron chi connectivity index (χ0n) is 14.8. The number of ether oxygens (including phenoxy) is 1. The van der Waals surface area contributed by atoms with E-state index in [0.29, 0.717) is 38.3 Å². The first-order valence-corrected chi connectivity index (χ1v) is 8.69. The molecule has 2 aromatic rings. The lowest BCUT2D eigenvalue weighted by molar-refractivity contribution is -0.127. The van der Waals surface area contributed by atoms with Crippen LogP contribution in [0.4, 0.5) is 0 Å². The molecule has 0 saturated carbocycles. The normalized spacial score (nSPS) is 14.7. The Morgan fingerprint density at radius 2 is 1.85 bits per heavy atom. The number of piperazine rings is 1. The van der Waals surface area contributed by atoms with Crippen molar-refractivity contribution in [3.05, 3.63) is 60.1 Å². The van der Waals surface area contributed by atoms with Gasteiger partial charge in [-0.3, -0.25) is 9.59 Å². The van der Waals surface area contributed by atoms with E-state index in [2.05, 4.69) is 0 Å². The molecule has 3 rings (SSSR count). The maximum absolute atomic E-state index is 12.4. The SMILES string of the molecule is CCOc1ccccc1/C=C/C(=O)N1CCN(C(=O)c2ccoc2)CC1. The van der Waals surface area contributed by atoms with Crippen molar-refractivity contribution >= 4 is 17.9 Å². The van der Waals surface area contributed by atoms with Crippen LogP contribution in [0.1, 0.15) is 22.8 Å². The number of hydrogen-bond acceptors (Lipinski definition) is 4. The Balaban J connectivity index is 1.56. The van der Waals surface area contributed by atoms with E-state index in [1.165, 1.54) is 12.5 Å². The molecule has 1 fully saturated rings. The lowest BCUT2D eigenvalue weighted by Gasteiger charge is -2.34. The van der Waals surface area contributed by atoms with Crippen molar-refractivity contribution in [2.24, 2.45) is 0 Å². The van der Waals surface area contributed by atoms with Gasteiger partial charge in [-0.15, -0.1) is 0 Å². The molecular formula is C20H22N2O4. The smallest absolute Gasteiger partial charge is 0.257 e. The van der Waals surface area contributed by atoms with E-state index >= 15 is 0 Å². The first-order valence-electron chi connectivity index (χ1n) is 8.69. The van der Waals surface area contributed by atoms with Gasteiger partial charge in [0.05, 0.1) is 18.4 Å². The molecular weight excluding hydrogens is 332 g/mol. The topological polar surface area (TPSA) is 63.0 Å². The second kappa shape index (κ2) is 8.38. The van der Waals surface area contributed by atoms with Crippen LogP contribution in [0.5, 0.6) is 5.75 Å². The van der Waals surface area contributed by atoms with Crippen LogP contribution in [0.25, 0.3) is 6.08 Å². The highest BCUT2D eigenvalue weighted by Crippen LogP contribution is 2.19. The van der Waals surface area contributed by atoms with Crippen LogP contribution < -0.4 is 4.74 Å². The van der Waals surface area contributed by atoms with Gasteiger partial charge in [0, 0.05) is 37.8 Å². The summed E-state index contributed by atoms with van der Waals surface area (Å²) < 4.78 is 10.5. The van der Waals surface area contributed by atoms with E-state index in [1.807, 2.05) is 31.2 Å². The van der Waals surface area contributed by atoms with Crippen molar-refractivity contribution < 1.29 is 18.7 Å². The molecule has 0 radical (unpaired) electrons. The third-order valence-electron chi connectivity index (χ3n) is 4.27. The third kappa shape index (κ3) is 4.14. The van der Waals surface area contributed by atoms with Crippen molar-refractivity contribution in [2.75, 3.05) is 32.8 Å². The molecule has 0 aliphatic carbocycles. The fourth-order valence-corrected chi connectivity index (χ4v) is 2.87. The third-order valence-corrected chi connectivity index (χ3v) is 4.27. The molecule has 0 unspecified atom stereocenters. The average Bonchev–Trinajstić information content (AvgIpc) is 3.21. The molecule has 2 heterocycles. The largest absolute Gasteiger partial charge is 0.493 e. The van der Waals surface area contributed by atoms with Crippen LogP contribution in [0, 0.1) is 0 Å². The second-order valence-electron chi connectivity index (χ2n) is 5.93. The first kappa shape index (κ1) is 17.8. The molecule has 0 N–H and O–H groups in total. The molecule has 26 heavy (non-hydrogen) atoms. The number of furan rings is 1. The first-order chi connectivity index (χ1) is 12.7. The van der Waals surface area contributed by atoms with Crippen LogP contribution in [0.3, 0.4) is 0 Å². The Morgan fingerprint density at radius 3 is 2.54 bits per heavy atom. The summed E-state index contributed by atoms with van der Waals surface area (Å²) in [6.45, 7) is 4.55. The number of benzene rings is 1. The van der Waals surface area contributed by atoms with Crippen LogP contribution in [-0.2, 0) is 4.79 Å². The van der Waals surface area contributed by atoms with Crippen molar-refractivity contribution in [1.82, 2.24) is 9.80 Å². The van der Waals surface area contributed by atoms with Crippen LogP contribution >= 0.6 is 0 Å². The van der Waals surface area contributed by atoms with Gasteiger partial charge in [0.1, 0.15) is 12.0 Å². The molecule has 1 aliphatic rings. The highest BCUT2D eigenvalue weighted by molar-refractivity contribution is 5.95. The maximum atomic E-state index is 12.4. The molecule has 1 aliphatic heterocycles. The lowest BCUT2D eigenvalue weighted by atomic mass is 10.2. The second-order valence-corrected chi connectivity index (χ2v) is 5.93. The standard InChI is InChI=1S/C20H22N2O4/c1-2-26-18-6-4-3-5-16(18)7-8-19(23)21-10-12-22(13-11-21)20(24)17-9-14-25-15-17/h3-9,14-15H,2,10-13H2,1H3/b8-7+. The Morgan fingerprint density at radius 1 is 1.12 bits per heavy atom. The minimum Gasteiger partial charge on any atom is -0.493 e. The van der Waals surface area contributed by atoms with E-state index in [0.717, 1.165) is 11.3 Å². The number of carbonyl (C=O) groups excluding carboxylic acids is 2. The van der Waals surface area contributed by atoms with E-state index < -0.39 is 0 Å². The fraction of sp³-hybridized carbons (Fsp3) is 0.300. The van der Waals surface area contributed by atoms with E-state index in [9.17, 15) is 9.59 Å². The van der Waals surface area contributed by atoms with Gasteiger partial charge in [0.25, 0.3) is 5.91 Å². The van der Waals surface area contributed by atoms with Gasteiger partial charge in [-0.2, -0.15) is 0 Å². The van der Waals surface area contributed by atoms with Crippen molar-refractivity contribution in [3.63, 3.8) is 0 Å². The number of nitrogens with zero attached hydrogens (tertiary/aromatic N) is 2. The molecule has 0 bridgehead atoms. The summed E-state index contributed by atoms with van der Waals surface area (Å²) in [4.78, 5) is 28.2. The van der Waals surface area contributed by atoms with Crippen LogP contribution in [-0.4, -0.2) is 54.4 Å². The summed E-state index contributed by atoms with van der Waals surface area (Å²) in [6.07, 6.45) is 6.26. The molecule has 0 spiro atoms. The Kier molecular flexibility index (Phi) is 5.73. The van der Waals surface area contributed by atoms with Gasteiger partial charge in [-0.05, 0) is 25.1 Å². The van der Waals surface area contributed by atoms with Crippen molar-refractivity contribution in [1.29, 1.82) is 0 Å². The number of amides is 2. The molecule has 6 heteroatoms. The number of hydrogen-bond donors (Lipinski definition) is 0. The van der Waals surface area contributed by atoms with Crippen molar-refractivity contribution in [3.8, 4) is 5.75 Å². The molecule has 2 amide bonds. The molecule has 1 aromatic heterocycles. The van der Waals surface area contributed by atoms with Gasteiger partial charge in [-0.25, -0.2) is 0 Å². The Bertz CT molecular complexity index is 775. The molecule has 136 valence electrons. The van der Waals surface area contributed by atoms with Gasteiger partial charge in [0.15, 0.2) is 0 Å². The summed E-state index contributed by atoms with van der Waals surface area (Å²) in [5.41, 5.74) is 1.41. The van der Waals surface area contributed by atoms with Gasteiger partial charge in [0.2, 0.25) is 5.91 Å². The highest BCUT2D eigenvalue weighted by atomic mass is 16.5. The van der Waals surface area contributed by atoms with Crippen molar-refractivity contribution in [2.45, 2.75) is 6.92 Å². The Hall–Kier alpha value is -3.02. The summed E-state index contributed by atoms with van der Waals surface area (Å²) in [5.74, 6) is 0.633. The summed E-state index contributed by atoms with van der Waals surface area (Å²) in [6, 6.07) is 9.26. The minimum atomic E-state index is -0.0632. The molecule has 0 atom stereocenters. The zero-order chi connectivity index (χ0) is 18.4. The van der Waals surface area contributed by atoms with E-state index in [-0.39, 0.29) is 11.8 Å². The summed E-state index contributed by atoms with van der Waals surface area (Å²) >= 11 is 0. The summed E-state index contributed by atoms with van der Waals surface area (Å²) in [7, 11) is 0. The predicted octanol–water partition coefficient (Wildman–Crippen LogP) is 2.68. The molecule has 1 saturated heterocycles. The predicted molar refractivity (Wildman–Crippen MR) is 97.8 cm³/mol. The quantitative estimate of drug-likeness (QED) is 0.775. The highest BCUT2D eigenvalue weighted by Gasteiger charge is 2.24. The van der Waals surface area contributed by atoms with Crippen LogP contribution in [0.15, 0.2) is 53.4 Å². The number of para-hydroxylation sites is 1. The number of carbonyl (C=O) groups is 2. The summed E-state index contributed by atoms with van der Waals surface area (Å²) in [5, 5.41) is 0. The maximum Gasteiger partial charge on any atom is 0.257 e. The van der Waals surface area contributed by atoms with Gasteiger partial charge >= 0.3 is 0 Å². The number of rotatable bonds is 5.